The Morgan fingerprint density at radius 2 is 2.14 bits per heavy atom. The van der Waals surface area contributed by atoms with Gasteiger partial charge < -0.3 is 15.4 Å². The molecule has 1 heterocycles. The van der Waals surface area contributed by atoms with Gasteiger partial charge in [0.25, 0.3) is 11.6 Å². The number of nitro benzene ring substituents is 1. The standard InChI is InChI=1S/C14H19N3O4/c1-2-15-14(18)10-3-4-12(13(9-10)17(19)20)16-11-5-7-21-8-6-11/h3-4,9,11,16H,2,5-8H2,1H3,(H,15,18). The molecule has 2 rings (SSSR count). The number of nitro groups is 1. The van der Waals surface area contributed by atoms with Crippen molar-refractivity contribution in [2.24, 2.45) is 0 Å². The lowest BCUT2D eigenvalue weighted by atomic mass is 10.1. The van der Waals surface area contributed by atoms with Crippen LogP contribution in [-0.2, 0) is 4.74 Å². The summed E-state index contributed by atoms with van der Waals surface area (Å²) in [6.45, 7) is 3.59. The smallest absolute Gasteiger partial charge is 0.293 e. The van der Waals surface area contributed by atoms with Crippen LogP contribution in [0.2, 0.25) is 0 Å². The van der Waals surface area contributed by atoms with E-state index in [1.807, 2.05) is 0 Å². The monoisotopic (exact) mass is 293 g/mol. The average molecular weight is 293 g/mol. The lowest BCUT2D eigenvalue weighted by molar-refractivity contribution is -0.384. The molecule has 0 bridgehead atoms. The summed E-state index contributed by atoms with van der Waals surface area (Å²) in [5.74, 6) is -0.307. The van der Waals surface area contributed by atoms with Crippen molar-refractivity contribution in [1.82, 2.24) is 5.32 Å². The quantitative estimate of drug-likeness (QED) is 0.639. The minimum atomic E-state index is -0.468. The van der Waals surface area contributed by atoms with Crippen LogP contribution in [0, 0.1) is 10.1 Å². The Hall–Kier alpha value is -2.15. The second-order valence-electron chi connectivity index (χ2n) is 4.88. The van der Waals surface area contributed by atoms with Crippen LogP contribution in [0.3, 0.4) is 0 Å². The van der Waals surface area contributed by atoms with Gasteiger partial charge >= 0.3 is 0 Å². The van der Waals surface area contributed by atoms with Gasteiger partial charge in [-0.15, -0.1) is 0 Å². The fraction of sp³-hybridized carbons (Fsp3) is 0.500. The van der Waals surface area contributed by atoms with Crippen LogP contribution in [0.1, 0.15) is 30.1 Å². The normalized spacial score (nSPS) is 15.5. The van der Waals surface area contributed by atoms with Gasteiger partial charge in [0.15, 0.2) is 0 Å². The molecule has 0 unspecified atom stereocenters. The molecule has 7 nitrogen and oxygen atoms in total. The number of ether oxygens (including phenoxy) is 1. The van der Waals surface area contributed by atoms with E-state index in [2.05, 4.69) is 10.6 Å². The Labute approximate surface area is 122 Å². The summed E-state index contributed by atoms with van der Waals surface area (Å²) in [6, 6.07) is 4.66. The number of nitrogens with zero attached hydrogens (tertiary/aromatic N) is 1. The van der Waals surface area contributed by atoms with E-state index in [0.717, 1.165) is 12.8 Å². The Kier molecular flexibility index (Phi) is 5.10. The zero-order valence-electron chi connectivity index (χ0n) is 11.9. The fourth-order valence-corrected chi connectivity index (χ4v) is 2.27. The third-order valence-corrected chi connectivity index (χ3v) is 3.37. The van der Waals surface area contributed by atoms with Crippen molar-refractivity contribution >= 4 is 17.3 Å². The van der Waals surface area contributed by atoms with E-state index in [-0.39, 0.29) is 17.6 Å². The number of carbonyl (C=O) groups is 1. The van der Waals surface area contributed by atoms with Crippen molar-refractivity contribution in [1.29, 1.82) is 0 Å². The maximum absolute atomic E-state index is 11.8. The number of carbonyl (C=O) groups excluding carboxylic acids is 1. The van der Waals surface area contributed by atoms with Crippen molar-refractivity contribution in [2.45, 2.75) is 25.8 Å². The molecule has 1 saturated heterocycles. The number of anilines is 1. The first-order valence-corrected chi connectivity index (χ1v) is 7.02. The van der Waals surface area contributed by atoms with Crippen molar-refractivity contribution < 1.29 is 14.5 Å². The van der Waals surface area contributed by atoms with E-state index in [1.54, 1.807) is 19.1 Å². The van der Waals surface area contributed by atoms with E-state index in [9.17, 15) is 14.9 Å². The molecule has 1 aromatic carbocycles. The van der Waals surface area contributed by atoms with Gasteiger partial charge in [0.2, 0.25) is 0 Å². The summed E-state index contributed by atoms with van der Waals surface area (Å²) in [7, 11) is 0. The highest BCUT2D eigenvalue weighted by atomic mass is 16.6. The molecule has 0 aliphatic carbocycles. The highest BCUT2D eigenvalue weighted by molar-refractivity contribution is 5.95. The predicted octanol–water partition coefficient (Wildman–Crippen LogP) is 1.94. The third-order valence-electron chi connectivity index (χ3n) is 3.37. The third kappa shape index (κ3) is 3.91. The van der Waals surface area contributed by atoms with Crippen LogP contribution in [-0.4, -0.2) is 36.6 Å². The number of hydrogen-bond acceptors (Lipinski definition) is 5. The Morgan fingerprint density at radius 1 is 1.43 bits per heavy atom. The highest BCUT2D eigenvalue weighted by Crippen LogP contribution is 2.27. The number of hydrogen-bond donors (Lipinski definition) is 2. The van der Waals surface area contributed by atoms with E-state index in [4.69, 9.17) is 4.74 Å². The highest BCUT2D eigenvalue weighted by Gasteiger charge is 2.21. The molecule has 1 aliphatic heterocycles. The maximum atomic E-state index is 11.8. The summed E-state index contributed by atoms with van der Waals surface area (Å²) >= 11 is 0. The summed E-state index contributed by atoms with van der Waals surface area (Å²) in [6.07, 6.45) is 1.63. The summed E-state index contributed by atoms with van der Waals surface area (Å²) < 4.78 is 5.27. The van der Waals surface area contributed by atoms with Crippen LogP contribution in [0.5, 0.6) is 0 Å². The zero-order valence-corrected chi connectivity index (χ0v) is 11.9. The molecule has 0 spiro atoms. The molecular formula is C14H19N3O4. The molecule has 0 aromatic heterocycles. The first-order chi connectivity index (χ1) is 10.1. The molecule has 2 N–H and O–H groups in total. The van der Waals surface area contributed by atoms with Crippen LogP contribution < -0.4 is 10.6 Å². The first-order valence-electron chi connectivity index (χ1n) is 7.02. The van der Waals surface area contributed by atoms with Crippen molar-refractivity contribution in [3.8, 4) is 0 Å². The minimum absolute atomic E-state index is 0.0785. The molecule has 21 heavy (non-hydrogen) atoms. The molecule has 1 amide bonds. The molecule has 7 heteroatoms. The molecule has 0 saturated carbocycles. The molecule has 1 aliphatic rings. The molecule has 1 fully saturated rings. The second kappa shape index (κ2) is 7.03. The van der Waals surface area contributed by atoms with Gasteiger partial charge in [-0.05, 0) is 31.9 Å². The summed E-state index contributed by atoms with van der Waals surface area (Å²) in [4.78, 5) is 22.5. The number of nitrogens with one attached hydrogen (secondary N) is 2. The van der Waals surface area contributed by atoms with E-state index < -0.39 is 4.92 Å². The van der Waals surface area contributed by atoms with Crippen LogP contribution >= 0.6 is 0 Å². The van der Waals surface area contributed by atoms with Crippen molar-refractivity contribution in [2.75, 3.05) is 25.1 Å². The van der Waals surface area contributed by atoms with Gasteiger partial charge in [-0.25, -0.2) is 0 Å². The van der Waals surface area contributed by atoms with Crippen LogP contribution in [0.25, 0.3) is 0 Å². The Bertz CT molecular complexity index is 527. The minimum Gasteiger partial charge on any atom is -0.381 e. The first kappa shape index (κ1) is 15.2. The lowest BCUT2D eigenvalue weighted by Crippen LogP contribution is -2.28. The van der Waals surface area contributed by atoms with E-state index >= 15 is 0 Å². The molecule has 1 aromatic rings. The summed E-state index contributed by atoms with van der Waals surface area (Å²) in [5, 5.41) is 17.0. The molecular weight excluding hydrogens is 274 g/mol. The topological polar surface area (TPSA) is 93.5 Å². The van der Waals surface area contributed by atoms with E-state index in [1.165, 1.54) is 6.07 Å². The fourth-order valence-electron chi connectivity index (χ4n) is 2.27. The Balaban J connectivity index is 2.20. The van der Waals surface area contributed by atoms with Crippen LogP contribution in [0.4, 0.5) is 11.4 Å². The number of rotatable bonds is 5. The van der Waals surface area contributed by atoms with Crippen LogP contribution in [0.15, 0.2) is 18.2 Å². The lowest BCUT2D eigenvalue weighted by Gasteiger charge is -2.24. The van der Waals surface area contributed by atoms with Crippen molar-refractivity contribution in [3.63, 3.8) is 0 Å². The van der Waals surface area contributed by atoms with Gasteiger partial charge in [-0.1, -0.05) is 0 Å². The maximum Gasteiger partial charge on any atom is 0.293 e. The largest absolute Gasteiger partial charge is 0.381 e. The molecule has 114 valence electrons. The van der Waals surface area contributed by atoms with Gasteiger partial charge in [-0.3, -0.25) is 14.9 Å². The zero-order chi connectivity index (χ0) is 15.2. The molecule has 0 atom stereocenters. The second-order valence-corrected chi connectivity index (χ2v) is 4.88. The van der Waals surface area contributed by atoms with E-state index in [0.29, 0.717) is 31.0 Å². The SMILES string of the molecule is CCNC(=O)c1ccc(NC2CCOCC2)c([N+](=O)[O-])c1. The molecule has 0 radical (unpaired) electrons. The van der Waals surface area contributed by atoms with Gasteiger partial charge in [0.05, 0.1) is 4.92 Å². The number of benzene rings is 1. The average Bonchev–Trinajstić information content (AvgIpc) is 2.48. The van der Waals surface area contributed by atoms with Gasteiger partial charge in [0.1, 0.15) is 5.69 Å². The van der Waals surface area contributed by atoms with Gasteiger partial charge in [0, 0.05) is 37.4 Å². The Morgan fingerprint density at radius 3 is 2.76 bits per heavy atom. The van der Waals surface area contributed by atoms with Gasteiger partial charge in [-0.2, -0.15) is 0 Å². The van der Waals surface area contributed by atoms with Crippen molar-refractivity contribution in [3.05, 3.63) is 33.9 Å². The summed E-state index contributed by atoms with van der Waals surface area (Å²) in [5.41, 5.74) is 0.659. The number of amides is 1. The predicted molar refractivity (Wildman–Crippen MR) is 78.6 cm³/mol.